The smallest absolute Gasteiger partial charge is 0.237 e. The van der Waals surface area contributed by atoms with Crippen molar-refractivity contribution < 1.29 is 4.79 Å². The van der Waals surface area contributed by atoms with E-state index in [1.807, 2.05) is 6.07 Å². The molecule has 1 unspecified atom stereocenters. The van der Waals surface area contributed by atoms with Gasteiger partial charge >= 0.3 is 0 Å². The Kier molecular flexibility index (Phi) is 7.38. The SMILES string of the molecule is O=C(NCCCN1CCN(c2ccccc2)CC1)C1CCCN1Cc1ccccc1. The predicted octanol–water partition coefficient (Wildman–Crippen LogP) is 2.98. The fourth-order valence-electron chi connectivity index (χ4n) is 4.63. The number of amides is 1. The Labute approximate surface area is 180 Å². The van der Waals surface area contributed by atoms with Crippen LogP contribution in [0.15, 0.2) is 60.7 Å². The Morgan fingerprint density at radius 3 is 2.33 bits per heavy atom. The van der Waals surface area contributed by atoms with Crippen molar-refractivity contribution in [3.63, 3.8) is 0 Å². The van der Waals surface area contributed by atoms with Crippen LogP contribution in [0, 0.1) is 0 Å². The number of piperazine rings is 1. The Bertz CT molecular complexity index is 774. The average molecular weight is 407 g/mol. The van der Waals surface area contributed by atoms with E-state index in [0.717, 1.165) is 71.6 Å². The number of anilines is 1. The third-order valence-electron chi connectivity index (χ3n) is 6.34. The van der Waals surface area contributed by atoms with Gasteiger partial charge in [-0.15, -0.1) is 0 Å². The molecule has 0 bridgehead atoms. The van der Waals surface area contributed by atoms with Crippen LogP contribution in [0.4, 0.5) is 5.69 Å². The number of para-hydroxylation sites is 1. The van der Waals surface area contributed by atoms with Gasteiger partial charge in [-0.1, -0.05) is 48.5 Å². The lowest BCUT2D eigenvalue weighted by Gasteiger charge is -2.36. The normalized spacial score (nSPS) is 20.4. The van der Waals surface area contributed by atoms with Crippen molar-refractivity contribution in [1.82, 2.24) is 15.1 Å². The summed E-state index contributed by atoms with van der Waals surface area (Å²) in [6.07, 6.45) is 3.10. The van der Waals surface area contributed by atoms with Crippen LogP contribution in [0.5, 0.6) is 0 Å². The highest BCUT2D eigenvalue weighted by atomic mass is 16.2. The Balaban J connectivity index is 1.14. The van der Waals surface area contributed by atoms with E-state index in [4.69, 9.17) is 0 Å². The minimum atomic E-state index is 0.0274. The molecule has 0 saturated carbocycles. The molecule has 5 nitrogen and oxygen atoms in total. The van der Waals surface area contributed by atoms with Gasteiger partial charge < -0.3 is 10.2 Å². The lowest BCUT2D eigenvalue weighted by molar-refractivity contribution is -0.125. The van der Waals surface area contributed by atoms with Gasteiger partial charge in [0.1, 0.15) is 0 Å². The molecule has 2 fully saturated rings. The molecule has 1 N–H and O–H groups in total. The van der Waals surface area contributed by atoms with Crippen LogP contribution in [0.1, 0.15) is 24.8 Å². The number of hydrogen-bond donors (Lipinski definition) is 1. The molecule has 0 aromatic heterocycles. The molecule has 2 heterocycles. The molecule has 2 aliphatic rings. The summed E-state index contributed by atoms with van der Waals surface area (Å²) in [5.41, 5.74) is 2.60. The Morgan fingerprint density at radius 1 is 0.900 bits per heavy atom. The standard InChI is InChI=1S/C25H34N4O/c30-25(24-13-7-16-29(24)21-22-9-3-1-4-10-22)26-14-8-15-27-17-19-28(20-18-27)23-11-5-2-6-12-23/h1-6,9-12,24H,7-8,13-21H2,(H,26,30). The summed E-state index contributed by atoms with van der Waals surface area (Å²) in [7, 11) is 0. The van der Waals surface area contributed by atoms with Gasteiger partial charge in [-0.3, -0.25) is 14.6 Å². The fraction of sp³-hybridized carbons (Fsp3) is 0.480. The van der Waals surface area contributed by atoms with E-state index >= 15 is 0 Å². The minimum absolute atomic E-state index is 0.0274. The minimum Gasteiger partial charge on any atom is -0.369 e. The first-order valence-electron chi connectivity index (χ1n) is 11.4. The van der Waals surface area contributed by atoms with E-state index in [1.165, 1.54) is 11.3 Å². The monoisotopic (exact) mass is 406 g/mol. The molecule has 4 rings (SSSR count). The quantitative estimate of drug-likeness (QED) is 0.684. The largest absolute Gasteiger partial charge is 0.369 e. The van der Waals surface area contributed by atoms with E-state index in [2.05, 4.69) is 74.6 Å². The van der Waals surface area contributed by atoms with Crippen molar-refractivity contribution in [2.75, 3.05) is 50.7 Å². The molecule has 1 atom stereocenters. The summed E-state index contributed by atoms with van der Waals surface area (Å²) in [5.74, 6) is 0.206. The fourth-order valence-corrected chi connectivity index (χ4v) is 4.63. The molecule has 5 heteroatoms. The maximum Gasteiger partial charge on any atom is 0.237 e. The van der Waals surface area contributed by atoms with Crippen molar-refractivity contribution in [2.45, 2.75) is 31.8 Å². The summed E-state index contributed by atoms with van der Waals surface area (Å²) in [4.78, 5) is 20.0. The molecule has 30 heavy (non-hydrogen) atoms. The first-order valence-corrected chi connectivity index (χ1v) is 11.4. The summed E-state index contributed by atoms with van der Waals surface area (Å²) in [6, 6.07) is 21.2. The Morgan fingerprint density at radius 2 is 1.60 bits per heavy atom. The summed E-state index contributed by atoms with van der Waals surface area (Å²) < 4.78 is 0. The van der Waals surface area contributed by atoms with Crippen molar-refractivity contribution in [3.8, 4) is 0 Å². The van der Waals surface area contributed by atoms with Crippen LogP contribution in [-0.4, -0.2) is 67.6 Å². The molecule has 160 valence electrons. The number of carbonyl (C=O) groups is 1. The van der Waals surface area contributed by atoms with E-state index in [0.29, 0.717) is 0 Å². The molecule has 0 aliphatic carbocycles. The second-order valence-electron chi connectivity index (χ2n) is 8.42. The topological polar surface area (TPSA) is 38.8 Å². The second kappa shape index (κ2) is 10.6. The average Bonchev–Trinajstić information content (AvgIpc) is 3.26. The van der Waals surface area contributed by atoms with Crippen LogP contribution >= 0.6 is 0 Å². The number of hydrogen-bond acceptors (Lipinski definition) is 4. The third kappa shape index (κ3) is 5.61. The third-order valence-corrected chi connectivity index (χ3v) is 6.34. The first kappa shape index (κ1) is 20.9. The van der Waals surface area contributed by atoms with E-state index in [-0.39, 0.29) is 11.9 Å². The van der Waals surface area contributed by atoms with E-state index in [1.54, 1.807) is 0 Å². The highest BCUT2D eigenvalue weighted by Crippen LogP contribution is 2.20. The van der Waals surface area contributed by atoms with Crippen LogP contribution in [0.2, 0.25) is 0 Å². The van der Waals surface area contributed by atoms with Crippen LogP contribution in [-0.2, 0) is 11.3 Å². The highest BCUT2D eigenvalue weighted by Gasteiger charge is 2.30. The van der Waals surface area contributed by atoms with Gasteiger partial charge in [-0.05, 0) is 50.0 Å². The van der Waals surface area contributed by atoms with Gasteiger partial charge in [0.05, 0.1) is 6.04 Å². The van der Waals surface area contributed by atoms with Crippen molar-refractivity contribution in [2.24, 2.45) is 0 Å². The molecule has 2 aliphatic heterocycles. The van der Waals surface area contributed by atoms with Gasteiger partial charge in [-0.25, -0.2) is 0 Å². The van der Waals surface area contributed by atoms with Crippen molar-refractivity contribution in [1.29, 1.82) is 0 Å². The molecule has 0 radical (unpaired) electrons. The number of nitrogens with zero attached hydrogens (tertiary/aromatic N) is 3. The van der Waals surface area contributed by atoms with Gasteiger partial charge in [0.15, 0.2) is 0 Å². The zero-order chi connectivity index (χ0) is 20.6. The molecule has 2 aromatic carbocycles. The molecule has 1 amide bonds. The number of nitrogens with one attached hydrogen (secondary N) is 1. The number of likely N-dealkylation sites (tertiary alicyclic amines) is 1. The van der Waals surface area contributed by atoms with Crippen LogP contribution < -0.4 is 10.2 Å². The van der Waals surface area contributed by atoms with Gasteiger partial charge in [0.25, 0.3) is 0 Å². The van der Waals surface area contributed by atoms with Gasteiger partial charge in [0.2, 0.25) is 5.91 Å². The van der Waals surface area contributed by atoms with E-state index < -0.39 is 0 Å². The number of carbonyl (C=O) groups excluding carboxylic acids is 1. The number of benzene rings is 2. The van der Waals surface area contributed by atoms with Crippen molar-refractivity contribution >= 4 is 11.6 Å². The molecular weight excluding hydrogens is 372 g/mol. The van der Waals surface area contributed by atoms with Gasteiger partial charge in [-0.2, -0.15) is 0 Å². The predicted molar refractivity (Wildman–Crippen MR) is 123 cm³/mol. The molecular formula is C25H34N4O. The second-order valence-corrected chi connectivity index (χ2v) is 8.42. The van der Waals surface area contributed by atoms with Gasteiger partial charge in [0, 0.05) is 45.0 Å². The summed E-state index contributed by atoms with van der Waals surface area (Å²) in [6.45, 7) is 8.05. The molecule has 0 spiro atoms. The van der Waals surface area contributed by atoms with Crippen LogP contribution in [0.25, 0.3) is 0 Å². The van der Waals surface area contributed by atoms with E-state index in [9.17, 15) is 4.79 Å². The highest BCUT2D eigenvalue weighted by molar-refractivity contribution is 5.82. The lowest BCUT2D eigenvalue weighted by atomic mass is 10.1. The van der Waals surface area contributed by atoms with Crippen LogP contribution in [0.3, 0.4) is 0 Å². The Hall–Kier alpha value is -2.37. The summed E-state index contributed by atoms with van der Waals surface area (Å²) >= 11 is 0. The first-order chi connectivity index (χ1) is 14.8. The maximum absolute atomic E-state index is 12.7. The van der Waals surface area contributed by atoms with Crippen molar-refractivity contribution in [3.05, 3.63) is 66.2 Å². The molecule has 2 aromatic rings. The maximum atomic E-state index is 12.7. The zero-order valence-corrected chi connectivity index (χ0v) is 17.9. The zero-order valence-electron chi connectivity index (χ0n) is 17.9. The lowest BCUT2D eigenvalue weighted by Crippen LogP contribution is -2.47. The number of rotatable bonds is 8. The molecule has 2 saturated heterocycles. The summed E-state index contributed by atoms with van der Waals surface area (Å²) in [5, 5.41) is 3.20.